The van der Waals surface area contributed by atoms with Crippen molar-refractivity contribution < 1.29 is 24.2 Å². The van der Waals surface area contributed by atoms with Crippen LogP contribution >= 0.6 is 0 Å². The number of rotatable bonds is 15. The fourth-order valence-corrected chi connectivity index (χ4v) is 5.37. The van der Waals surface area contributed by atoms with Gasteiger partial charge in [-0.05, 0) is 62.1 Å². The van der Waals surface area contributed by atoms with Crippen molar-refractivity contribution in [2.45, 2.75) is 104 Å². The molecule has 3 amide bonds. The van der Waals surface area contributed by atoms with Crippen LogP contribution < -0.4 is 10.6 Å². The maximum Gasteiger partial charge on any atom is 0.408 e. The molecule has 0 spiro atoms. The summed E-state index contributed by atoms with van der Waals surface area (Å²) in [6, 6.07) is 18.0. The van der Waals surface area contributed by atoms with E-state index in [1.54, 1.807) is 39.0 Å². The van der Waals surface area contributed by atoms with Crippen LogP contribution in [0.15, 0.2) is 66.7 Å². The van der Waals surface area contributed by atoms with Crippen molar-refractivity contribution in [3.8, 4) is 5.75 Å². The second-order valence-corrected chi connectivity index (χ2v) is 12.8. The van der Waals surface area contributed by atoms with Crippen LogP contribution in [0.5, 0.6) is 5.75 Å². The number of phenolic OH excluding ortho intramolecular Hbond substituents is 1. The van der Waals surface area contributed by atoms with Crippen LogP contribution in [0, 0.1) is 5.92 Å². The molecule has 0 bridgehead atoms. The minimum absolute atomic E-state index is 0.0860. The van der Waals surface area contributed by atoms with Crippen LogP contribution in [0.1, 0.15) is 98.1 Å². The summed E-state index contributed by atoms with van der Waals surface area (Å²) in [7, 11) is 0. The van der Waals surface area contributed by atoms with E-state index in [1.165, 1.54) is 11.0 Å². The van der Waals surface area contributed by atoms with E-state index in [4.69, 9.17) is 4.74 Å². The standard InChI is InChI=1S/C37H51N3O5/c1-7-9-10-11-12-17-24-40(35(43)32(26(3)8-2)39-36(44)45-37(4,5)6)33(30-20-15-16-21-31(30)41)34(42)38-29-23-22-27-18-13-14-19-28(27)25-29/h13-16,18-23,25-26,32-33,41H,7-12,17,24H2,1-6H3,(H,38,42)(H,39,44). The van der Waals surface area contributed by atoms with Gasteiger partial charge in [0.2, 0.25) is 5.91 Å². The Morgan fingerprint density at radius 2 is 1.51 bits per heavy atom. The van der Waals surface area contributed by atoms with Crippen molar-refractivity contribution in [2.24, 2.45) is 5.92 Å². The van der Waals surface area contributed by atoms with Crippen LogP contribution in [0.2, 0.25) is 0 Å². The summed E-state index contributed by atoms with van der Waals surface area (Å²) in [6.07, 6.45) is 5.87. The highest BCUT2D eigenvalue weighted by Gasteiger charge is 2.39. The number of hydrogen-bond acceptors (Lipinski definition) is 5. The number of nitrogens with zero attached hydrogens (tertiary/aromatic N) is 1. The second kappa shape index (κ2) is 16.8. The highest BCUT2D eigenvalue weighted by atomic mass is 16.6. The van der Waals surface area contributed by atoms with Crippen LogP contribution in [-0.2, 0) is 14.3 Å². The first-order valence-electron chi connectivity index (χ1n) is 16.3. The molecule has 3 N–H and O–H groups in total. The lowest BCUT2D eigenvalue weighted by Crippen LogP contribution is -2.55. The van der Waals surface area contributed by atoms with E-state index >= 15 is 0 Å². The Hall–Kier alpha value is -4.07. The van der Waals surface area contributed by atoms with E-state index < -0.39 is 35.6 Å². The minimum Gasteiger partial charge on any atom is -0.508 e. The third-order valence-corrected chi connectivity index (χ3v) is 8.00. The molecule has 45 heavy (non-hydrogen) atoms. The molecule has 3 aromatic rings. The number of para-hydroxylation sites is 1. The lowest BCUT2D eigenvalue weighted by Gasteiger charge is -2.36. The van der Waals surface area contributed by atoms with Gasteiger partial charge in [-0.15, -0.1) is 0 Å². The molecule has 0 aliphatic heterocycles. The summed E-state index contributed by atoms with van der Waals surface area (Å²) in [5, 5.41) is 18.8. The van der Waals surface area contributed by atoms with Crippen LogP contribution in [0.4, 0.5) is 10.5 Å². The van der Waals surface area contributed by atoms with E-state index in [-0.39, 0.29) is 18.2 Å². The number of aromatic hydroxyl groups is 1. The van der Waals surface area contributed by atoms with Crippen LogP contribution in [0.25, 0.3) is 10.8 Å². The van der Waals surface area contributed by atoms with E-state index in [9.17, 15) is 19.5 Å². The van der Waals surface area contributed by atoms with Crippen LogP contribution in [-0.4, -0.2) is 46.1 Å². The lowest BCUT2D eigenvalue weighted by atomic mass is 9.95. The Bertz CT molecular complexity index is 1420. The molecule has 0 aromatic heterocycles. The average Bonchev–Trinajstić information content (AvgIpc) is 3.00. The molecule has 0 fully saturated rings. The van der Waals surface area contributed by atoms with Gasteiger partial charge in [0.1, 0.15) is 23.4 Å². The molecule has 0 heterocycles. The molecular formula is C37H51N3O5. The Morgan fingerprint density at radius 3 is 2.18 bits per heavy atom. The molecular weight excluding hydrogens is 566 g/mol. The number of alkyl carbamates (subject to hydrolysis) is 1. The van der Waals surface area contributed by atoms with Gasteiger partial charge in [0.15, 0.2) is 0 Å². The van der Waals surface area contributed by atoms with Crippen molar-refractivity contribution >= 4 is 34.4 Å². The molecule has 244 valence electrons. The predicted octanol–water partition coefficient (Wildman–Crippen LogP) is 8.35. The summed E-state index contributed by atoms with van der Waals surface area (Å²) in [5.74, 6) is -1.18. The normalized spacial score (nSPS) is 13.5. The van der Waals surface area contributed by atoms with Gasteiger partial charge in [0.05, 0.1) is 0 Å². The van der Waals surface area contributed by atoms with Gasteiger partial charge in [-0.2, -0.15) is 0 Å². The maximum absolute atomic E-state index is 14.6. The first-order valence-corrected chi connectivity index (χ1v) is 16.3. The number of anilines is 1. The first kappa shape index (κ1) is 35.4. The van der Waals surface area contributed by atoms with Crippen molar-refractivity contribution in [3.63, 3.8) is 0 Å². The number of benzene rings is 3. The van der Waals surface area contributed by atoms with E-state index in [1.807, 2.05) is 56.3 Å². The molecule has 0 aliphatic carbocycles. The summed E-state index contributed by atoms with van der Waals surface area (Å²) < 4.78 is 5.51. The van der Waals surface area contributed by atoms with E-state index in [0.717, 1.165) is 42.9 Å². The zero-order chi connectivity index (χ0) is 33.0. The number of fused-ring (bicyclic) bond motifs is 1. The molecule has 3 unspecified atom stereocenters. The largest absolute Gasteiger partial charge is 0.508 e. The fraction of sp³-hybridized carbons (Fsp3) is 0.486. The smallest absolute Gasteiger partial charge is 0.408 e. The van der Waals surface area contributed by atoms with Gasteiger partial charge in [-0.25, -0.2) is 4.79 Å². The molecule has 0 aliphatic rings. The Labute approximate surface area is 268 Å². The number of hydrogen-bond donors (Lipinski definition) is 3. The highest BCUT2D eigenvalue weighted by Crippen LogP contribution is 2.32. The van der Waals surface area contributed by atoms with E-state index in [2.05, 4.69) is 17.6 Å². The molecule has 0 saturated carbocycles. The summed E-state index contributed by atoms with van der Waals surface area (Å²) >= 11 is 0. The first-order chi connectivity index (χ1) is 21.4. The minimum atomic E-state index is -1.15. The number of amides is 3. The average molecular weight is 618 g/mol. The van der Waals surface area contributed by atoms with Crippen molar-refractivity contribution in [2.75, 3.05) is 11.9 Å². The van der Waals surface area contributed by atoms with Gasteiger partial charge >= 0.3 is 6.09 Å². The van der Waals surface area contributed by atoms with E-state index in [0.29, 0.717) is 24.1 Å². The molecule has 8 nitrogen and oxygen atoms in total. The second-order valence-electron chi connectivity index (χ2n) is 12.8. The molecule has 3 atom stereocenters. The van der Waals surface area contributed by atoms with Gasteiger partial charge < -0.3 is 25.4 Å². The van der Waals surface area contributed by atoms with Gasteiger partial charge in [0.25, 0.3) is 5.91 Å². The molecule has 0 saturated heterocycles. The maximum atomic E-state index is 14.6. The van der Waals surface area contributed by atoms with Crippen molar-refractivity contribution in [3.05, 3.63) is 72.3 Å². The predicted molar refractivity (Wildman–Crippen MR) is 181 cm³/mol. The third kappa shape index (κ3) is 10.5. The SMILES string of the molecule is CCCCCCCCN(C(=O)C(NC(=O)OC(C)(C)C)C(C)CC)C(C(=O)Nc1ccc2ccccc2c1)c1ccccc1O. The summed E-state index contributed by atoms with van der Waals surface area (Å²) in [6.45, 7) is 11.6. The van der Waals surface area contributed by atoms with Crippen molar-refractivity contribution in [1.29, 1.82) is 0 Å². The lowest BCUT2D eigenvalue weighted by molar-refractivity contribution is -0.142. The van der Waals surface area contributed by atoms with Crippen molar-refractivity contribution in [1.82, 2.24) is 10.2 Å². The zero-order valence-corrected chi connectivity index (χ0v) is 27.8. The number of nitrogens with one attached hydrogen (secondary N) is 2. The van der Waals surface area contributed by atoms with Gasteiger partial charge in [0, 0.05) is 17.8 Å². The summed E-state index contributed by atoms with van der Waals surface area (Å²) in [4.78, 5) is 43.3. The molecule has 0 radical (unpaired) electrons. The number of carbonyl (C=O) groups is 3. The Morgan fingerprint density at radius 1 is 0.867 bits per heavy atom. The topological polar surface area (TPSA) is 108 Å². The van der Waals surface area contributed by atoms with Gasteiger partial charge in [-0.1, -0.05) is 108 Å². The summed E-state index contributed by atoms with van der Waals surface area (Å²) in [5.41, 5.74) is 0.149. The Kier molecular flexibility index (Phi) is 13.3. The highest BCUT2D eigenvalue weighted by molar-refractivity contribution is 6.00. The fourth-order valence-electron chi connectivity index (χ4n) is 5.37. The number of phenols is 1. The van der Waals surface area contributed by atoms with Crippen LogP contribution in [0.3, 0.4) is 0 Å². The monoisotopic (exact) mass is 617 g/mol. The molecule has 3 rings (SSSR count). The number of unbranched alkanes of at least 4 members (excludes halogenated alkanes) is 5. The van der Waals surface area contributed by atoms with Gasteiger partial charge in [-0.3, -0.25) is 9.59 Å². The Balaban J connectivity index is 2.03. The quantitative estimate of drug-likeness (QED) is 0.149. The third-order valence-electron chi connectivity index (χ3n) is 8.00. The molecule has 3 aromatic carbocycles. The number of carbonyl (C=O) groups excluding carboxylic acids is 3. The number of ether oxygens (including phenoxy) is 1. The molecule has 8 heteroatoms. The zero-order valence-electron chi connectivity index (χ0n) is 27.8.